The number of aliphatic hydroxyl groups is 1. The molecule has 1 aliphatic heterocycles. The van der Waals surface area contributed by atoms with Crippen LogP contribution < -0.4 is 0 Å². The van der Waals surface area contributed by atoms with Crippen LogP contribution in [0.1, 0.15) is 25.6 Å². The summed E-state index contributed by atoms with van der Waals surface area (Å²) in [5.74, 6) is 1.91. The van der Waals surface area contributed by atoms with E-state index >= 15 is 0 Å². The number of imidazole rings is 1. The number of likely N-dealkylation sites (N-methyl/N-ethyl adjacent to an activating group) is 1. The molecular weight excluding hydrogens is 214 g/mol. The summed E-state index contributed by atoms with van der Waals surface area (Å²) in [4.78, 5) is 6.59. The molecule has 0 aromatic carbocycles. The van der Waals surface area contributed by atoms with E-state index in [1.54, 1.807) is 0 Å². The van der Waals surface area contributed by atoms with Crippen molar-refractivity contribution in [2.24, 2.45) is 5.92 Å². The minimum Gasteiger partial charge on any atom is -0.392 e. The minimum absolute atomic E-state index is 0.188. The van der Waals surface area contributed by atoms with Gasteiger partial charge in [-0.3, -0.25) is 0 Å². The molecule has 2 unspecified atom stereocenters. The Morgan fingerprint density at radius 3 is 3.24 bits per heavy atom. The number of aromatic nitrogens is 2. The summed E-state index contributed by atoms with van der Waals surface area (Å²) >= 11 is 0. The molecule has 1 aliphatic rings. The van der Waals surface area contributed by atoms with Crippen LogP contribution >= 0.6 is 0 Å². The molecule has 0 bridgehead atoms. The molecule has 0 radical (unpaired) electrons. The van der Waals surface area contributed by atoms with Crippen molar-refractivity contribution in [1.29, 1.82) is 0 Å². The van der Waals surface area contributed by atoms with Gasteiger partial charge in [0, 0.05) is 38.4 Å². The molecule has 1 N–H and O–H groups in total. The topological polar surface area (TPSA) is 41.3 Å². The van der Waals surface area contributed by atoms with E-state index < -0.39 is 0 Å². The van der Waals surface area contributed by atoms with Gasteiger partial charge in [-0.15, -0.1) is 0 Å². The van der Waals surface area contributed by atoms with Crippen molar-refractivity contribution in [1.82, 2.24) is 14.5 Å². The average Bonchev–Trinajstić information content (AvgIpc) is 2.75. The Balaban J connectivity index is 1.81. The Morgan fingerprint density at radius 2 is 2.47 bits per heavy atom. The van der Waals surface area contributed by atoms with Gasteiger partial charge < -0.3 is 14.6 Å². The van der Waals surface area contributed by atoms with Gasteiger partial charge >= 0.3 is 0 Å². The standard InChI is InChI=1S/C13H23N3O/c1-3-12(17)10-15(2)8-11-4-5-13-14-6-7-16(13)9-11/h6-7,11-12,17H,3-5,8-10H2,1-2H3. The highest BCUT2D eigenvalue weighted by Gasteiger charge is 2.20. The smallest absolute Gasteiger partial charge is 0.108 e. The molecule has 96 valence electrons. The van der Waals surface area contributed by atoms with Gasteiger partial charge in [-0.25, -0.2) is 4.98 Å². The summed E-state index contributed by atoms with van der Waals surface area (Å²) in [5, 5.41) is 9.63. The van der Waals surface area contributed by atoms with Gasteiger partial charge in [-0.2, -0.15) is 0 Å². The van der Waals surface area contributed by atoms with Crippen LogP contribution in [0.5, 0.6) is 0 Å². The largest absolute Gasteiger partial charge is 0.392 e. The van der Waals surface area contributed by atoms with Crippen molar-refractivity contribution >= 4 is 0 Å². The fraction of sp³-hybridized carbons (Fsp3) is 0.769. The van der Waals surface area contributed by atoms with Crippen LogP contribution in [-0.2, 0) is 13.0 Å². The Morgan fingerprint density at radius 1 is 1.65 bits per heavy atom. The molecule has 1 aromatic rings. The van der Waals surface area contributed by atoms with Gasteiger partial charge in [0.2, 0.25) is 0 Å². The van der Waals surface area contributed by atoms with E-state index in [-0.39, 0.29) is 6.10 Å². The lowest BCUT2D eigenvalue weighted by molar-refractivity contribution is 0.109. The van der Waals surface area contributed by atoms with Gasteiger partial charge in [0.05, 0.1) is 6.10 Å². The zero-order chi connectivity index (χ0) is 12.3. The molecular formula is C13H23N3O. The lowest BCUT2D eigenvalue weighted by atomic mass is 9.99. The maximum atomic E-state index is 9.63. The van der Waals surface area contributed by atoms with Crippen LogP contribution in [0.3, 0.4) is 0 Å². The summed E-state index contributed by atoms with van der Waals surface area (Å²) in [6.07, 6.45) is 6.91. The third-order valence-electron chi connectivity index (χ3n) is 3.60. The summed E-state index contributed by atoms with van der Waals surface area (Å²) in [7, 11) is 2.10. The zero-order valence-corrected chi connectivity index (χ0v) is 10.8. The van der Waals surface area contributed by atoms with E-state index in [1.807, 2.05) is 13.1 Å². The first-order valence-corrected chi connectivity index (χ1v) is 6.55. The van der Waals surface area contributed by atoms with Crippen molar-refractivity contribution in [2.45, 2.75) is 38.8 Å². The van der Waals surface area contributed by atoms with Crippen LogP contribution in [0.25, 0.3) is 0 Å². The predicted molar refractivity (Wildman–Crippen MR) is 67.8 cm³/mol. The van der Waals surface area contributed by atoms with E-state index in [4.69, 9.17) is 0 Å². The van der Waals surface area contributed by atoms with Crippen LogP contribution in [0.15, 0.2) is 12.4 Å². The molecule has 2 atom stereocenters. The number of nitrogens with zero attached hydrogens (tertiary/aromatic N) is 3. The maximum absolute atomic E-state index is 9.63. The Kier molecular flexibility index (Phi) is 4.18. The molecule has 0 amide bonds. The van der Waals surface area contributed by atoms with Crippen molar-refractivity contribution in [3.05, 3.63) is 18.2 Å². The van der Waals surface area contributed by atoms with Gasteiger partial charge in [-0.05, 0) is 25.8 Å². The highest BCUT2D eigenvalue weighted by Crippen LogP contribution is 2.19. The Labute approximate surface area is 103 Å². The van der Waals surface area contributed by atoms with E-state index in [0.29, 0.717) is 5.92 Å². The highest BCUT2D eigenvalue weighted by molar-refractivity contribution is 4.96. The van der Waals surface area contributed by atoms with E-state index in [0.717, 1.165) is 32.5 Å². The number of rotatable bonds is 5. The second-order valence-electron chi connectivity index (χ2n) is 5.18. The first-order chi connectivity index (χ1) is 8.19. The summed E-state index contributed by atoms with van der Waals surface area (Å²) in [6, 6.07) is 0. The third kappa shape index (κ3) is 3.30. The van der Waals surface area contributed by atoms with Crippen molar-refractivity contribution in [2.75, 3.05) is 20.1 Å². The van der Waals surface area contributed by atoms with Crippen LogP contribution in [0.2, 0.25) is 0 Å². The van der Waals surface area contributed by atoms with Crippen molar-refractivity contribution < 1.29 is 5.11 Å². The average molecular weight is 237 g/mol. The molecule has 0 fully saturated rings. The lowest BCUT2D eigenvalue weighted by Crippen LogP contribution is -2.35. The SMILES string of the molecule is CCC(O)CN(C)CC1CCc2nccn2C1. The van der Waals surface area contributed by atoms with Gasteiger partial charge in [0.25, 0.3) is 0 Å². The summed E-state index contributed by atoms with van der Waals surface area (Å²) in [5.41, 5.74) is 0. The Bertz CT molecular complexity index is 350. The van der Waals surface area contributed by atoms with Crippen LogP contribution in [0.4, 0.5) is 0 Å². The highest BCUT2D eigenvalue weighted by atomic mass is 16.3. The molecule has 2 rings (SSSR count). The van der Waals surface area contributed by atoms with Crippen molar-refractivity contribution in [3.8, 4) is 0 Å². The molecule has 0 aliphatic carbocycles. The van der Waals surface area contributed by atoms with Gasteiger partial charge in [-0.1, -0.05) is 6.92 Å². The fourth-order valence-corrected chi connectivity index (χ4v) is 2.59. The fourth-order valence-electron chi connectivity index (χ4n) is 2.59. The second-order valence-corrected chi connectivity index (χ2v) is 5.18. The predicted octanol–water partition coefficient (Wildman–Crippen LogP) is 1.15. The monoisotopic (exact) mass is 237 g/mol. The second kappa shape index (κ2) is 5.65. The van der Waals surface area contributed by atoms with Crippen LogP contribution in [-0.4, -0.2) is 45.8 Å². The summed E-state index contributed by atoms with van der Waals surface area (Å²) < 4.78 is 2.26. The summed E-state index contributed by atoms with van der Waals surface area (Å²) in [6.45, 7) is 4.94. The van der Waals surface area contributed by atoms with Gasteiger partial charge in [0.1, 0.15) is 5.82 Å². The number of hydrogen-bond acceptors (Lipinski definition) is 3. The number of aliphatic hydroxyl groups excluding tert-OH is 1. The van der Waals surface area contributed by atoms with Crippen LogP contribution in [0, 0.1) is 5.92 Å². The van der Waals surface area contributed by atoms with E-state index in [1.165, 1.54) is 12.2 Å². The number of aryl methyl sites for hydroxylation is 1. The number of fused-ring (bicyclic) bond motifs is 1. The lowest BCUT2D eigenvalue weighted by Gasteiger charge is -2.29. The first-order valence-electron chi connectivity index (χ1n) is 6.55. The first kappa shape index (κ1) is 12.6. The quantitative estimate of drug-likeness (QED) is 0.835. The molecule has 0 saturated carbocycles. The van der Waals surface area contributed by atoms with Gasteiger partial charge in [0.15, 0.2) is 0 Å². The van der Waals surface area contributed by atoms with E-state index in [2.05, 4.69) is 27.7 Å². The van der Waals surface area contributed by atoms with Crippen molar-refractivity contribution in [3.63, 3.8) is 0 Å². The third-order valence-corrected chi connectivity index (χ3v) is 3.60. The molecule has 2 heterocycles. The molecule has 1 aromatic heterocycles. The zero-order valence-electron chi connectivity index (χ0n) is 10.8. The molecule has 0 saturated heterocycles. The maximum Gasteiger partial charge on any atom is 0.108 e. The Hall–Kier alpha value is -0.870. The molecule has 4 heteroatoms. The minimum atomic E-state index is -0.188. The van der Waals surface area contributed by atoms with E-state index in [9.17, 15) is 5.11 Å². The molecule has 4 nitrogen and oxygen atoms in total. The number of hydrogen-bond donors (Lipinski definition) is 1. The molecule has 0 spiro atoms. The molecule has 17 heavy (non-hydrogen) atoms. The normalized spacial score (nSPS) is 21.5.